The van der Waals surface area contributed by atoms with Gasteiger partial charge in [-0.25, -0.2) is 0 Å². The van der Waals surface area contributed by atoms with E-state index >= 15 is 0 Å². The topological polar surface area (TPSA) is 43.4 Å². The second-order valence-electron chi connectivity index (χ2n) is 2.71. The maximum absolute atomic E-state index is 10.6. The van der Waals surface area contributed by atoms with Crippen LogP contribution in [-0.2, 0) is 14.3 Å². The molecule has 3 nitrogen and oxygen atoms in total. The number of allylic oxidation sites excluding steroid dienone is 2. The van der Waals surface area contributed by atoms with Crippen molar-refractivity contribution in [2.24, 2.45) is 0 Å². The summed E-state index contributed by atoms with van der Waals surface area (Å²) < 4.78 is 4.60. The molecular weight excluding hydrogens is 168 g/mol. The quantitative estimate of drug-likeness (QED) is 0.494. The minimum atomic E-state index is -0.294. The Morgan fingerprint density at radius 2 is 1.85 bits per heavy atom. The minimum absolute atomic E-state index is 0.0213. The highest BCUT2D eigenvalue weighted by atomic mass is 16.5. The van der Waals surface area contributed by atoms with Gasteiger partial charge in [0.15, 0.2) is 0 Å². The van der Waals surface area contributed by atoms with Crippen molar-refractivity contribution in [1.29, 1.82) is 0 Å². The molecule has 0 radical (unpaired) electrons. The number of Topliss-reactive ketones (excluding diaryl/α,β-unsaturated/α-hetero) is 1. The molecule has 0 aromatic rings. The van der Waals surface area contributed by atoms with Crippen molar-refractivity contribution in [2.75, 3.05) is 6.61 Å². The average Bonchev–Trinajstić information content (AvgIpc) is 2.87. The molecule has 0 bridgehead atoms. The third-order valence-corrected chi connectivity index (χ3v) is 1.22. The number of ketones is 1. The largest absolute Gasteiger partial charge is 0.466 e. The molecule has 3 heteroatoms. The normalized spacial score (nSPS) is 11.2. The van der Waals surface area contributed by atoms with Gasteiger partial charge in [0, 0.05) is 6.42 Å². The zero-order valence-corrected chi connectivity index (χ0v) is 8.21. The molecule has 0 aromatic heterocycles. The molecule has 1 aliphatic rings. The summed E-state index contributed by atoms with van der Waals surface area (Å²) in [4.78, 5) is 20.9. The Hall–Kier alpha value is -1.12. The van der Waals surface area contributed by atoms with Crippen molar-refractivity contribution < 1.29 is 14.3 Å². The number of hydrogen-bond acceptors (Lipinski definition) is 3. The van der Waals surface area contributed by atoms with Gasteiger partial charge < -0.3 is 9.53 Å². The summed E-state index contributed by atoms with van der Waals surface area (Å²) in [5.41, 5.74) is 0. The Bertz CT molecular complexity index is 190. The highest BCUT2D eigenvalue weighted by Gasteiger charge is 2.02. The van der Waals surface area contributed by atoms with Crippen LogP contribution in [0.2, 0.25) is 0 Å². The predicted molar refractivity (Wildman–Crippen MR) is 50.3 cm³/mol. The van der Waals surface area contributed by atoms with E-state index in [1.807, 2.05) is 0 Å². The third-order valence-electron chi connectivity index (χ3n) is 1.22. The smallest absolute Gasteiger partial charge is 0.306 e. The number of carbonyl (C=O) groups is 2. The first-order valence-electron chi connectivity index (χ1n) is 4.47. The summed E-state index contributed by atoms with van der Waals surface area (Å²) in [5.74, 6) is -0.272. The molecular formula is C10H16O3. The van der Waals surface area contributed by atoms with Crippen molar-refractivity contribution >= 4 is 11.8 Å². The van der Waals surface area contributed by atoms with E-state index in [2.05, 4.69) is 16.9 Å². The van der Waals surface area contributed by atoms with Gasteiger partial charge in [0.1, 0.15) is 5.78 Å². The lowest BCUT2D eigenvalue weighted by Gasteiger charge is -1.97. The van der Waals surface area contributed by atoms with Gasteiger partial charge in [-0.15, -0.1) is 0 Å². The first-order chi connectivity index (χ1) is 6.16. The van der Waals surface area contributed by atoms with Crippen LogP contribution >= 0.6 is 0 Å². The van der Waals surface area contributed by atoms with E-state index in [1.165, 1.54) is 13.3 Å². The first-order valence-corrected chi connectivity index (χ1v) is 4.47. The van der Waals surface area contributed by atoms with Crippen molar-refractivity contribution in [3.05, 3.63) is 12.2 Å². The van der Waals surface area contributed by atoms with Gasteiger partial charge in [0.05, 0.1) is 13.0 Å². The van der Waals surface area contributed by atoms with Gasteiger partial charge in [-0.3, -0.25) is 4.79 Å². The van der Waals surface area contributed by atoms with Crippen molar-refractivity contribution in [1.82, 2.24) is 0 Å². The number of esters is 1. The number of rotatable bonds is 4. The zero-order chi connectivity index (χ0) is 10.1. The van der Waals surface area contributed by atoms with E-state index in [4.69, 9.17) is 0 Å². The molecule has 0 amide bonds. The molecule has 1 aliphatic carbocycles. The Morgan fingerprint density at radius 3 is 2.15 bits per heavy atom. The molecule has 13 heavy (non-hydrogen) atoms. The lowest BCUT2D eigenvalue weighted by molar-refractivity contribution is -0.144. The number of hydrogen-bond donors (Lipinski definition) is 0. The maximum Gasteiger partial charge on any atom is 0.306 e. The van der Waals surface area contributed by atoms with Crippen LogP contribution in [0.1, 0.15) is 33.1 Å². The summed E-state index contributed by atoms with van der Waals surface area (Å²) in [6.45, 7) is 3.58. The van der Waals surface area contributed by atoms with E-state index in [-0.39, 0.29) is 18.2 Å². The van der Waals surface area contributed by atoms with Crippen LogP contribution in [0.3, 0.4) is 0 Å². The zero-order valence-electron chi connectivity index (χ0n) is 8.21. The summed E-state index contributed by atoms with van der Waals surface area (Å²) in [6, 6.07) is 0. The average molecular weight is 184 g/mol. The fourth-order valence-corrected chi connectivity index (χ4v) is 0.511. The van der Waals surface area contributed by atoms with Gasteiger partial charge in [0.25, 0.3) is 0 Å². The summed E-state index contributed by atoms with van der Waals surface area (Å²) in [7, 11) is 0. The van der Waals surface area contributed by atoms with Crippen LogP contribution in [0.25, 0.3) is 0 Å². The van der Waals surface area contributed by atoms with Crippen LogP contribution in [-0.4, -0.2) is 18.4 Å². The van der Waals surface area contributed by atoms with Crippen molar-refractivity contribution in [3.8, 4) is 0 Å². The molecule has 0 aromatic carbocycles. The highest BCUT2D eigenvalue weighted by molar-refractivity contribution is 5.80. The molecule has 0 heterocycles. The predicted octanol–water partition coefficient (Wildman–Crippen LogP) is 1.86. The summed E-state index contributed by atoms with van der Waals surface area (Å²) in [5, 5.41) is 0. The molecule has 0 atom stereocenters. The van der Waals surface area contributed by atoms with Crippen molar-refractivity contribution in [3.63, 3.8) is 0 Å². The fourth-order valence-electron chi connectivity index (χ4n) is 0.511. The lowest BCUT2D eigenvalue weighted by Crippen LogP contribution is -2.05. The Kier molecular flexibility index (Phi) is 6.88. The molecule has 1 rings (SSSR count). The fraction of sp³-hybridized carbons (Fsp3) is 0.600. The number of ether oxygens (including phenoxy) is 1. The second-order valence-corrected chi connectivity index (χ2v) is 2.71. The first kappa shape index (κ1) is 11.9. The van der Waals surface area contributed by atoms with E-state index in [9.17, 15) is 9.59 Å². The monoisotopic (exact) mass is 184 g/mol. The third kappa shape index (κ3) is 13.8. The lowest BCUT2D eigenvalue weighted by atomic mass is 10.2. The van der Waals surface area contributed by atoms with E-state index in [0.29, 0.717) is 13.0 Å². The van der Waals surface area contributed by atoms with Gasteiger partial charge in [-0.05, 0) is 20.3 Å². The van der Waals surface area contributed by atoms with Gasteiger partial charge in [-0.2, -0.15) is 0 Å². The standard InChI is InChI=1S/C7H12O3.C3H4/c1-3-10-7(9)5-4-6(2)8;1-2-3-1/h3-5H2,1-2H3;1-2H,3H2. The maximum atomic E-state index is 10.6. The van der Waals surface area contributed by atoms with Gasteiger partial charge in [-0.1, -0.05) is 12.2 Å². The van der Waals surface area contributed by atoms with E-state index in [0.717, 1.165) is 0 Å². The second kappa shape index (κ2) is 7.53. The molecule has 0 spiro atoms. The molecule has 0 saturated heterocycles. The SMILES string of the molecule is C1=CC1.CCOC(=O)CCC(C)=O. The highest BCUT2D eigenvalue weighted by Crippen LogP contribution is 1.96. The van der Waals surface area contributed by atoms with Crippen LogP contribution in [0.4, 0.5) is 0 Å². The van der Waals surface area contributed by atoms with Crippen molar-refractivity contribution in [2.45, 2.75) is 33.1 Å². The van der Waals surface area contributed by atoms with E-state index in [1.54, 1.807) is 6.92 Å². The van der Waals surface area contributed by atoms with Gasteiger partial charge >= 0.3 is 5.97 Å². The molecule has 0 aliphatic heterocycles. The minimum Gasteiger partial charge on any atom is -0.466 e. The molecule has 0 N–H and O–H groups in total. The Balaban J connectivity index is 0.000000396. The van der Waals surface area contributed by atoms with Crippen LogP contribution in [0.5, 0.6) is 0 Å². The Labute approximate surface area is 78.8 Å². The molecule has 0 unspecified atom stereocenters. The van der Waals surface area contributed by atoms with Crippen LogP contribution in [0, 0.1) is 0 Å². The van der Waals surface area contributed by atoms with Crippen LogP contribution in [0.15, 0.2) is 12.2 Å². The van der Waals surface area contributed by atoms with E-state index < -0.39 is 0 Å². The number of carbonyl (C=O) groups excluding carboxylic acids is 2. The summed E-state index contributed by atoms with van der Waals surface area (Å²) >= 11 is 0. The molecule has 74 valence electrons. The Morgan fingerprint density at radius 1 is 1.31 bits per heavy atom. The van der Waals surface area contributed by atoms with Gasteiger partial charge in [0.2, 0.25) is 0 Å². The summed E-state index contributed by atoms with van der Waals surface area (Å²) in [6.07, 6.45) is 6.00. The molecule has 0 saturated carbocycles. The molecule has 0 fully saturated rings. The van der Waals surface area contributed by atoms with Crippen LogP contribution < -0.4 is 0 Å².